The van der Waals surface area contributed by atoms with Crippen molar-refractivity contribution >= 4 is 34.8 Å². The van der Waals surface area contributed by atoms with Crippen LogP contribution in [0.1, 0.15) is 20.8 Å². The number of nitrogens with zero attached hydrogens (tertiary/aromatic N) is 1. The number of thioether (sulfide) groups is 1. The number of hydrogen-bond acceptors (Lipinski definition) is 10. The Morgan fingerprint density at radius 3 is 2.30 bits per heavy atom. The first-order valence-corrected chi connectivity index (χ1v) is 7.79. The number of aliphatic imine (C=N–C) groups is 1. The van der Waals surface area contributed by atoms with E-state index >= 15 is 0 Å². The van der Waals surface area contributed by atoms with Crippen molar-refractivity contribution in [3.63, 3.8) is 0 Å². The first kappa shape index (κ1) is 17.5. The summed E-state index contributed by atoms with van der Waals surface area (Å²) in [6.07, 6.45) is -2.61. The second-order valence-electron chi connectivity index (χ2n) is 5.07. The lowest BCUT2D eigenvalue weighted by molar-refractivity contribution is -0.208. The largest absolute Gasteiger partial charge is 0.463 e. The lowest BCUT2D eigenvalue weighted by Gasteiger charge is -2.41. The molecule has 0 aliphatic carbocycles. The van der Waals surface area contributed by atoms with Crippen molar-refractivity contribution in [2.45, 2.75) is 50.6 Å². The molecular weight excluding hydrogens is 328 g/mol. The zero-order valence-electron chi connectivity index (χ0n) is 12.9. The van der Waals surface area contributed by atoms with Gasteiger partial charge in [0.25, 0.3) is 0 Å². The summed E-state index contributed by atoms with van der Waals surface area (Å²) in [7, 11) is 0. The Hall–Kier alpha value is -1.81. The molecule has 0 bridgehead atoms. The van der Waals surface area contributed by atoms with E-state index < -0.39 is 47.7 Å². The molecule has 23 heavy (non-hydrogen) atoms. The van der Waals surface area contributed by atoms with Crippen LogP contribution in [0.15, 0.2) is 4.99 Å². The summed E-state index contributed by atoms with van der Waals surface area (Å²) >= 11 is 1.17. The predicted molar refractivity (Wildman–Crippen MR) is 79.4 cm³/mol. The molecule has 0 aromatic rings. The van der Waals surface area contributed by atoms with Gasteiger partial charge in [-0.2, -0.15) is 0 Å². The number of fused-ring (bicyclic) bond motifs is 1. The van der Waals surface area contributed by atoms with Gasteiger partial charge >= 0.3 is 17.9 Å². The number of carbonyl (C=O) groups excluding carboxylic acids is 3. The molecular formula is C13H18N2O7S. The number of rotatable bonds is 4. The summed E-state index contributed by atoms with van der Waals surface area (Å²) in [5, 5.41) is 0.284. The number of nitrogens with two attached hydrogens (primary N) is 1. The molecule has 0 saturated carbocycles. The summed E-state index contributed by atoms with van der Waals surface area (Å²) in [5.41, 5.74) is 5.19. The Morgan fingerprint density at radius 2 is 1.74 bits per heavy atom. The predicted octanol–water partition coefficient (Wildman–Crippen LogP) is -0.432. The van der Waals surface area contributed by atoms with E-state index in [2.05, 4.69) is 4.99 Å². The molecule has 10 heteroatoms. The fourth-order valence-corrected chi connectivity index (χ4v) is 3.39. The van der Waals surface area contributed by atoms with Crippen molar-refractivity contribution < 1.29 is 33.3 Å². The van der Waals surface area contributed by atoms with E-state index in [1.54, 1.807) is 0 Å². The first-order chi connectivity index (χ1) is 10.8. The zero-order chi connectivity index (χ0) is 17.1. The molecule has 0 aromatic heterocycles. The Balaban J connectivity index is 2.26. The third-order valence-corrected chi connectivity index (χ3v) is 4.15. The van der Waals surface area contributed by atoms with Gasteiger partial charge in [-0.1, -0.05) is 11.8 Å². The van der Waals surface area contributed by atoms with Crippen molar-refractivity contribution in [3.8, 4) is 0 Å². The minimum atomic E-state index is -0.952. The molecule has 128 valence electrons. The van der Waals surface area contributed by atoms with Crippen molar-refractivity contribution in [2.75, 3.05) is 6.61 Å². The minimum Gasteiger partial charge on any atom is -0.463 e. The van der Waals surface area contributed by atoms with Crippen LogP contribution in [0.3, 0.4) is 0 Å². The number of amidine groups is 1. The quantitative estimate of drug-likeness (QED) is 0.532. The monoisotopic (exact) mass is 346 g/mol. The summed E-state index contributed by atoms with van der Waals surface area (Å²) in [6, 6.07) is -0.596. The SMILES string of the molecule is CC(=O)OC[C@H]1O[C@@H]2SC(N)=N[C@@H]2[C@@H](OC(C)=O)[C@@H]1OC(C)=O. The van der Waals surface area contributed by atoms with Gasteiger partial charge in [0.15, 0.2) is 17.4 Å². The lowest BCUT2D eigenvalue weighted by Crippen LogP contribution is -2.59. The van der Waals surface area contributed by atoms with Gasteiger partial charge < -0.3 is 24.7 Å². The van der Waals surface area contributed by atoms with Gasteiger partial charge in [0.05, 0.1) is 0 Å². The van der Waals surface area contributed by atoms with Gasteiger partial charge in [0.2, 0.25) is 0 Å². The van der Waals surface area contributed by atoms with Crippen LogP contribution in [0, 0.1) is 0 Å². The van der Waals surface area contributed by atoms with E-state index in [1.807, 2.05) is 0 Å². The highest BCUT2D eigenvalue weighted by Gasteiger charge is 2.52. The van der Waals surface area contributed by atoms with Gasteiger partial charge in [0, 0.05) is 20.8 Å². The number of carbonyl (C=O) groups is 3. The van der Waals surface area contributed by atoms with E-state index in [0.717, 1.165) is 0 Å². The van der Waals surface area contributed by atoms with E-state index in [9.17, 15) is 14.4 Å². The molecule has 1 fully saturated rings. The molecule has 0 amide bonds. The number of esters is 3. The zero-order valence-corrected chi connectivity index (χ0v) is 13.7. The minimum absolute atomic E-state index is 0.144. The van der Waals surface area contributed by atoms with Crippen LogP contribution < -0.4 is 5.73 Å². The van der Waals surface area contributed by atoms with E-state index in [4.69, 9.17) is 24.7 Å². The van der Waals surface area contributed by atoms with E-state index in [1.165, 1.54) is 32.5 Å². The molecule has 0 radical (unpaired) electrons. The van der Waals surface area contributed by atoms with Crippen LogP contribution >= 0.6 is 11.8 Å². The molecule has 5 atom stereocenters. The van der Waals surface area contributed by atoms with Crippen LogP contribution in [0.4, 0.5) is 0 Å². The van der Waals surface area contributed by atoms with Crippen molar-refractivity contribution in [2.24, 2.45) is 10.7 Å². The highest BCUT2D eigenvalue weighted by Crippen LogP contribution is 2.37. The van der Waals surface area contributed by atoms with Gasteiger partial charge in [0.1, 0.15) is 24.2 Å². The van der Waals surface area contributed by atoms with Gasteiger partial charge in [-0.3, -0.25) is 19.4 Å². The second kappa shape index (κ2) is 7.18. The molecule has 2 rings (SSSR count). The van der Waals surface area contributed by atoms with Gasteiger partial charge in [-0.25, -0.2) is 0 Å². The summed E-state index contributed by atoms with van der Waals surface area (Å²) in [5.74, 6) is -1.63. The standard InChI is InChI=1S/C13H18N2O7S/c1-5(16)19-4-8-10(20-6(2)17)11(21-7(3)18)9-12(22-8)23-13(14)15-9/h8-12H,4H2,1-3H3,(H2,14,15)/t8-,9-,10-,11-,12-/m1/s1. The number of hydrogen-bond donors (Lipinski definition) is 1. The van der Waals surface area contributed by atoms with Gasteiger partial charge in [-0.15, -0.1) is 0 Å². The molecule has 0 unspecified atom stereocenters. The molecule has 0 aromatic carbocycles. The van der Waals surface area contributed by atoms with Crippen molar-refractivity contribution in [1.82, 2.24) is 0 Å². The molecule has 9 nitrogen and oxygen atoms in total. The molecule has 1 saturated heterocycles. The number of ether oxygens (including phenoxy) is 4. The molecule has 2 aliphatic rings. The Morgan fingerprint density at radius 1 is 1.13 bits per heavy atom. The highest BCUT2D eigenvalue weighted by molar-refractivity contribution is 8.14. The Bertz CT molecular complexity index is 538. The third-order valence-electron chi connectivity index (χ3n) is 3.18. The van der Waals surface area contributed by atoms with Crippen LogP contribution in [-0.2, 0) is 33.3 Å². The van der Waals surface area contributed by atoms with Crippen LogP contribution in [-0.4, -0.2) is 59.5 Å². The second-order valence-corrected chi connectivity index (χ2v) is 6.19. The summed E-state index contributed by atoms with van der Waals surface area (Å²) in [6.45, 7) is 3.57. The van der Waals surface area contributed by atoms with E-state index in [0.29, 0.717) is 0 Å². The fourth-order valence-electron chi connectivity index (χ4n) is 2.42. The smallest absolute Gasteiger partial charge is 0.303 e. The average molecular weight is 346 g/mol. The third kappa shape index (κ3) is 4.35. The Labute approximate surface area is 136 Å². The van der Waals surface area contributed by atoms with Crippen molar-refractivity contribution in [3.05, 3.63) is 0 Å². The maximum Gasteiger partial charge on any atom is 0.303 e. The first-order valence-electron chi connectivity index (χ1n) is 6.91. The summed E-state index contributed by atoms with van der Waals surface area (Å²) in [4.78, 5) is 38.0. The van der Waals surface area contributed by atoms with Crippen LogP contribution in [0.2, 0.25) is 0 Å². The fraction of sp³-hybridized carbons (Fsp3) is 0.692. The van der Waals surface area contributed by atoms with Crippen LogP contribution in [0.5, 0.6) is 0 Å². The topological polar surface area (TPSA) is 127 Å². The van der Waals surface area contributed by atoms with Crippen LogP contribution in [0.25, 0.3) is 0 Å². The average Bonchev–Trinajstić information content (AvgIpc) is 2.78. The maximum atomic E-state index is 11.4. The highest BCUT2D eigenvalue weighted by atomic mass is 32.2. The molecule has 2 aliphatic heterocycles. The molecule has 2 heterocycles. The normalized spacial score (nSPS) is 32.5. The molecule has 0 spiro atoms. The maximum absolute atomic E-state index is 11.4. The van der Waals surface area contributed by atoms with E-state index in [-0.39, 0.29) is 11.8 Å². The lowest BCUT2D eigenvalue weighted by atomic mass is 9.98. The summed E-state index contributed by atoms with van der Waals surface area (Å²) < 4.78 is 21.3. The Kier molecular flexibility index (Phi) is 5.47. The van der Waals surface area contributed by atoms with Gasteiger partial charge in [-0.05, 0) is 0 Å². The van der Waals surface area contributed by atoms with Crippen molar-refractivity contribution in [1.29, 1.82) is 0 Å². The molecule has 2 N–H and O–H groups in total.